The zero-order valence-corrected chi connectivity index (χ0v) is 22.8. The third-order valence-electron chi connectivity index (χ3n) is 6.71. The summed E-state index contributed by atoms with van der Waals surface area (Å²) < 4.78 is 15.8. The molecule has 2 N–H and O–H groups in total. The molecule has 0 spiro atoms. The van der Waals surface area contributed by atoms with Crippen molar-refractivity contribution in [1.29, 1.82) is 0 Å². The van der Waals surface area contributed by atoms with E-state index < -0.39 is 29.1 Å². The van der Waals surface area contributed by atoms with E-state index in [2.05, 4.69) is 17.2 Å². The number of carbonyl (C=O) groups is 3. The number of nitro groups is 1. The Morgan fingerprint density at radius 2 is 1.55 bits per heavy atom. The summed E-state index contributed by atoms with van der Waals surface area (Å²) in [5.74, 6) is -0.574. The van der Waals surface area contributed by atoms with Crippen LogP contribution >= 0.6 is 0 Å². The molecule has 0 aliphatic heterocycles. The molecule has 1 aliphatic carbocycles. The standard InChI is InChI=1S/C31H31N3O8/c1-2-19-40-29(35)28(13-7-8-18-32-30(36)42-22-16-14-21(15-17-22)34(38)39)33-31(37)41-20-27-25-11-5-3-9-23(25)24-10-4-6-12-26(24)27/h2-6,9-12,14-17,27-28H,1,7-8,13,18-20H2,(H,32,36)(H,33,37)/t28-/m1/s1. The summed E-state index contributed by atoms with van der Waals surface area (Å²) in [6, 6.07) is 20.2. The summed E-state index contributed by atoms with van der Waals surface area (Å²) in [6.07, 6.45) is 1.18. The van der Waals surface area contributed by atoms with Crippen LogP contribution in [0.4, 0.5) is 15.3 Å². The maximum atomic E-state index is 12.8. The zero-order chi connectivity index (χ0) is 29.9. The third kappa shape index (κ3) is 7.72. The highest BCUT2D eigenvalue weighted by Gasteiger charge is 2.30. The van der Waals surface area contributed by atoms with Crippen molar-refractivity contribution in [3.63, 3.8) is 0 Å². The number of ether oxygens (including phenoxy) is 3. The first-order valence-electron chi connectivity index (χ1n) is 13.5. The second kappa shape index (κ2) is 14.4. The molecule has 0 aromatic heterocycles. The van der Waals surface area contributed by atoms with Crippen molar-refractivity contribution in [1.82, 2.24) is 10.6 Å². The van der Waals surface area contributed by atoms with Crippen molar-refractivity contribution in [2.24, 2.45) is 0 Å². The summed E-state index contributed by atoms with van der Waals surface area (Å²) in [5.41, 5.74) is 4.26. The van der Waals surface area contributed by atoms with Gasteiger partial charge in [-0.15, -0.1) is 0 Å². The number of fused-ring (bicyclic) bond motifs is 3. The van der Waals surface area contributed by atoms with Crippen LogP contribution in [-0.4, -0.2) is 48.9 Å². The van der Waals surface area contributed by atoms with Gasteiger partial charge in [0.05, 0.1) is 4.92 Å². The van der Waals surface area contributed by atoms with E-state index in [0.717, 1.165) is 22.3 Å². The highest BCUT2D eigenvalue weighted by molar-refractivity contribution is 5.82. The Balaban J connectivity index is 1.24. The SMILES string of the molecule is C=CCOC(=O)[C@@H](CCCCNC(=O)Oc1ccc([N+](=O)[O-])cc1)NC(=O)OCC1c2ccccc2-c2ccccc21. The monoisotopic (exact) mass is 573 g/mol. The number of hydrogen-bond donors (Lipinski definition) is 2. The second-order valence-corrected chi connectivity index (χ2v) is 9.50. The number of alkyl carbamates (subject to hydrolysis) is 1. The van der Waals surface area contributed by atoms with E-state index in [0.29, 0.717) is 12.8 Å². The second-order valence-electron chi connectivity index (χ2n) is 9.50. The molecule has 0 heterocycles. The van der Waals surface area contributed by atoms with Crippen molar-refractivity contribution in [2.75, 3.05) is 19.8 Å². The average Bonchev–Trinajstić information content (AvgIpc) is 3.31. The maximum absolute atomic E-state index is 12.8. The number of carbonyl (C=O) groups excluding carboxylic acids is 3. The number of hydrogen-bond acceptors (Lipinski definition) is 8. The lowest BCUT2D eigenvalue weighted by Gasteiger charge is -2.19. The van der Waals surface area contributed by atoms with Crippen molar-refractivity contribution in [2.45, 2.75) is 31.2 Å². The molecular weight excluding hydrogens is 542 g/mol. The van der Waals surface area contributed by atoms with Gasteiger partial charge in [-0.3, -0.25) is 10.1 Å². The van der Waals surface area contributed by atoms with E-state index in [9.17, 15) is 24.5 Å². The number of nitrogens with zero attached hydrogens (tertiary/aromatic N) is 1. The first kappa shape index (κ1) is 29.8. The Hall–Kier alpha value is -5.19. The Morgan fingerprint density at radius 1 is 0.905 bits per heavy atom. The van der Waals surface area contributed by atoms with Crippen LogP contribution in [0.2, 0.25) is 0 Å². The molecule has 0 saturated carbocycles. The van der Waals surface area contributed by atoms with Crippen LogP contribution in [0.25, 0.3) is 11.1 Å². The van der Waals surface area contributed by atoms with Gasteiger partial charge in [-0.25, -0.2) is 14.4 Å². The zero-order valence-electron chi connectivity index (χ0n) is 22.8. The van der Waals surface area contributed by atoms with Crippen molar-refractivity contribution in [3.05, 3.63) is 107 Å². The van der Waals surface area contributed by atoms with E-state index in [4.69, 9.17) is 14.2 Å². The predicted octanol–water partition coefficient (Wildman–Crippen LogP) is 5.49. The van der Waals surface area contributed by atoms with Crippen molar-refractivity contribution < 1.29 is 33.5 Å². The van der Waals surface area contributed by atoms with Gasteiger partial charge in [0.15, 0.2) is 0 Å². The van der Waals surface area contributed by atoms with Gasteiger partial charge in [0.1, 0.15) is 25.0 Å². The quantitative estimate of drug-likeness (QED) is 0.0897. The number of non-ortho nitro benzene ring substituents is 1. The largest absolute Gasteiger partial charge is 0.460 e. The summed E-state index contributed by atoms with van der Waals surface area (Å²) >= 11 is 0. The molecule has 0 radical (unpaired) electrons. The van der Waals surface area contributed by atoms with Crippen LogP contribution in [-0.2, 0) is 14.3 Å². The Labute approximate surface area is 242 Å². The first-order valence-corrected chi connectivity index (χ1v) is 13.5. The fourth-order valence-corrected chi connectivity index (χ4v) is 4.72. The summed E-state index contributed by atoms with van der Waals surface area (Å²) in [6.45, 7) is 3.88. The van der Waals surface area contributed by atoms with E-state index >= 15 is 0 Å². The number of esters is 1. The molecule has 1 aliphatic rings. The van der Waals surface area contributed by atoms with Gasteiger partial charge in [0.2, 0.25) is 0 Å². The smallest absolute Gasteiger partial charge is 0.412 e. The minimum absolute atomic E-state index is 0.00224. The number of amides is 2. The van der Waals surface area contributed by atoms with Gasteiger partial charge in [-0.05, 0) is 53.6 Å². The lowest BCUT2D eigenvalue weighted by Crippen LogP contribution is -2.42. The molecule has 0 bridgehead atoms. The molecule has 3 aromatic carbocycles. The lowest BCUT2D eigenvalue weighted by molar-refractivity contribution is -0.384. The molecule has 0 fully saturated rings. The Bertz CT molecular complexity index is 1390. The number of nitrogens with one attached hydrogen (secondary N) is 2. The summed E-state index contributed by atoms with van der Waals surface area (Å²) in [4.78, 5) is 47.5. The van der Waals surface area contributed by atoms with E-state index in [1.165, 1.54) is 30.3 Å². The van der Waals surface area contributed by atoms with Gasteiger partial charge in [0.25, 0.3) is 5.69 Å². The molecule has 2 amide bonds. The van der Waals surface area contributed by atoms with Crippen LogP contribution in [0.15, 0.2) is 85.5 Å². The van der Waals surface area contributed by atoms with Crippen LogP contribution in [0.3, 0.4) is 0 Å². The highest BCUT2D eigenvalue weighted by Crippen LogP contribution is 2.44. The van der Waals surface area contributed by atoms with Gasteiger partial charge in [-0.1, -0.05) is 61.2 Å². The fraction of sp³-hybridized carbons (Fsp3) is 0.258. The van der Waals surface area contributed by atoms with Gasteiger partial charge in [-0.2, -0.15) is 0 Å². The molecule has 11 heteroatoms. The molecule has 0 saturated heterocycles. The number of unbranched alkanes of at least 4 members (excludes halogenated alkanes) is 1. The normalized spacial score (nSPS) is 12.3. The summed E-state index contributed by atoms with van der Waals surface area (Å²) in [5, 5.41) is 15.9. The summed E-state index contributed by atoms with van der Waals surface area (Å²) in [7, 11) is 0. The Kier molecular flexibility index (Phi) is 10.2. The molecule has 3 aromatic rings. The third-order valence-corrected chi connectivity index (χ3v) is 6.71. The van der Waals surface area contributed by atoms with Crippen molar-refractivity contribution in [3.8, 4) is 16.9 Å². The minimum Gasteiger partial charge on any atom is -0.460 e. The molecular formula is C31H31N3O8. The van der Waals surface area contributed by atoms with Crippen LogP contribution in [0.1, 0.15) is 36.3 Å². The number of rotatable bonds is 13. The molecule has 0 unspecified atom stereocenters. The lowest BCUT2D eigenvalue weighted by atomic mass is 9.98. The Morgan fingerprint density at radius 3 is 2.17 bits per heavy atom. The minimum atomic E-state index is -0.951. The average molecular weight is 574 g/mol. The topological polar surface area (TPSA) is 146 Å². The molecule has 42 heavy (non-hydrogen) atoms. The predicted molar refractivity (Wildman–Crippen MR) is 154 cm³/mol. The van der Waals surface area contributed by atoms with Crippen molar-refractivity contribution >= 4 is 23.8 Å². The van der Waals surface area contributed by atoms with Gasteiger partial charge in [0, 0.05) is 24.6 Å². The number of benzene rings is 3. The van der Waals surface area contributed by atoms with E-state index in [1.807, 2.05) is 48.5 Å². The molecule has 218 valence electrons. The first-order chi connectivity index (χ1) is 20.4. The highest BCUT2D eigenvalue weighted by atomic mass is 16.6. The van der Waals surface area contributed by atoms with E-state index in [-0.39, 0.29) is 43.5 Å². The molecule has 1 atom stereocenters. The maximum Gasteiger partial charge on any atom is 0.412 e. The molecule has 11 nitrogen and oxygen atoms in total. The van der Waals surface area contributed by atoms with Gasteiger partial charge < -0.3 is 24.8 Å². The fourth-order valence-electron chi connectivity index (χ4n) is 4.72. The number of nitro benzene ring substituents is 1. The molecule has 4 rings (SSSR count). The van der Waals surface area contributed by atoms with Crippen LogP contribution < -0.4 is 15.4 Å². The van der Waals surface area contributed by atoms with Crippen LogP contribution in [0.5, 0.6) is 5.75 Å². The van der Waals surface area contributed by atoms with E-state index in [1.54, 1.807) is 0 Å². The van der Waals surface area contributed by atoms with Crippen LogP contribution in [0, 0.1) is 10.1 Å². The van der Waals surface area contributed by atoms with Gasteiger partial charge >= 0.3 is 18.2 Å².